The smallest absolute Gasteiger partial charge is 0.361 e. The highest BCUT2D eigenvalue weighted by Crippen LogP contribution is 2.38. The number of hydrogen-bond acceptors (Lipinski definition) is 6. The molecule has 0 bridgehead atoms. The number of esters is 1. The highest BCUT2D eigenvalue weighted by molar-refractivity contribution is 5.94. The Morgan fingerprint density at radius 2 is 2.10 bits per heavy atom. The van der Waals surface area contributed by atoms with Gasteiger partial charge in [-0.2, -0.15) is 10.3 Å². The zero-order valence-corrected chi connectivity index (χ0v) is 11.1. The zero-order chi connectivity index (χ0) is 14.1. The molecule has 0 fully saturated rings. The normalized spacial score (nSPS) is 12.5. The van der Waals surface area contributed by atoms with Crippen LogP contribution < -0.4 is 9.47 Å². The number of nitrogens with one attached hydrogen (secondary N) is 1. The van der Waals surface area contributed by atoms with Crippen LogP contribution in [0.3, 0.4) is 0 Å². The molecule has 3 rings (SSSR count). The van der Waals surface area contributed by atoms with Crippen LogP contribution in [0.2, 0.25) is 0 Å². The molecule has 2 aromatic rings. The number of ether oxygens (including phenoxy) is 3. The zero-order valence-electron chi connectivity index (χ0n) is 11.1. The SMILES string of the molecule is CCOC(=O)c1n[nH]nc1-c1cc2c(cc1C)OCO2. The molecule has 1 aliphatic heterocycles. The summed E-state index contributed by atoms with van der Waals surface area (Å²) in [5, 5.41) is 10.4. The van der Waals surface area contributed by atoms with Gasteiger partial charge in [-0.1, -0.05) is 0 Å². The molecule has 0 aliphatic carbocycles. The van der Waals surface area contributed by atoms with E-state index in [1.807, 2.05) is 13.0 Å². The maximum atomic E-state index is 11.8. The minimum atomic E-state index is -0.506. The Hall–Kier alpha value is -2.57. The molecule has 0 unspecified atom stereocenters. The second-order valence-corrected chi connectivity index (χ2v) is 4.26. The molecule has 1 aliphatic rings. The molecule has 0 saturated heterocycles. The van der Waals surface area contributed by atoms with Gasteiger partial charge in [0.15, 0.2) is 17.2 Å². The number of fused-ring (bicyclic) bond motifs is 1. The van der Waals surface area contributed by atoms with Gasteiger partial charge in [0, 0.05) is 5.56 Å². The summed E-state index contributed by atoms with van der Waals surface area (Å²) in [6, 6.07) is 3.64. The number of nitrogens with zero attached hydrogens (tertiary/aromatic N) is 2. The van der Waals surface area contributed by atoms with Crippen molar-refractivity contribution in [2.24, 2.45) is 0 Å². The van der Waals surface area contributed by atoms with Crippen LogP contribution in [0.25, 0.3) is 11.3 Å². The van der Waals surface area contributed by atoms with Gasteiger partial charge < -0.3 is 14.2 Å². The lowest BCUT2D eigenvalue weighted by Gasteiger charge is -2.06. The predicted octanol–water partition coefficient (Wildman–Crippen LogP) is 1.69. The third-order valence-electron chi connectivity index (χ3n) is 2.99. The van der Waals surface area contributed by atoms with Gasteiger partial charge in [-0.3, -0.25) is 0 Å². The van der Waals surface area contributed by atoms with Crippen LogP contribution in [0.4, 0.5) is 0 Å². The van der Waals surface area contributed by atoms with E-state index >= 15 is 0 Å². The van der Waals surface area contributed by atoms with E-state index in [4.69, 9.17) is 14.2 Å². The monoisotopic (exact) mass is 275 g/mol. The highest BCUT2D eigenvalue weighted by atomic mass is 16.7. The van der Waals surface area contributed by atoms with Gasteiger partial charge >= 0.3 is 5.97 Å². The number of aryl methyl sites for hydroxylation is 1. The summed E-state index contributed by atoms with van der Waals surface area (Å²) in [7, 11) is 0. The summed E-state index contributed by atoms with van der Waals surface area (Å²) in [6.07, 6.45) is 0. The molecule has 7 heteroatoms. The van der Waals surface area contributed by atoms with Crippen LogP contribution in [0.1, 0.15) is 23.0 Å². The van der Waals surface area contributed by atoms with Crippen LogP contribution in [0.15, 0.2) is 12.1 Å². The third kappa shape index (κ3) is 1.97. The maximum absolute atomic E-state index is 11.8. The Balaban J connectivity index is 2.06. The molecule has 7 nitrogen and oxygen atoms in total. The molecule has 0 saturated carbocycles. The number of aromatic nitrogens is 3. The van der Waals surface area contributed by atoms with E-state index in [0.29, 0.717) is 17.2 Å². The molecule has 104 valence electrons. The first-order valence-corrected chi connectivity index (χ1v) is 6.19. The van der Waals surface area contributed by atoms with Crippen molar-refractivity contribution in [3.63, 3.8) is 0 Å². The van der Waals surface area contributed by atoms with Gasteiger partial charge in [-0.25, -0.2) is 4.79 Å². The van der Waals surface area contributed by atoms with Crippen molar-refractivity contribution in [2.75, 3.05) is 13.4 Å². The van der Waals surface area contributed by atoms with E-state index in [0.717, 1.165) is 11.1 Å². The van der Waals surface area contributed by atoms with Gasteiger partial charge in [0.05, 0.1) is 6.61 Å². The van der Waals surface area contributed by atoms with Crippen molar-refractivity contribution in [3.05, 3.63) is 23.4 Å². The minimum Gasteiger partial charge on any atom is -0.461 e. The molecule has 1 aromatic heterocycles. The molecule has 20 heavy (non-hydrogen) atoms. The van der Waals surface area contributed by atoms with Gasteiger partial charge in [0.25, 0.3) is 0 Å². The number of hydrogen-bond donors (Lipinski definition) is 1. The average Bonchev–Trinajstić information content (AvgIpc) is 3.05. The lowest BCUT2D eigenvalue weighted by Crippen LogP contribution is -2.07. The topological polar surface area (TPSA) is 86.3 Å². The number of aromatic amines is 1. The van der Waals surface area contributed by atoms with Gasteiger partial charge in [-0.15, -0.1) is 5.10 Å². The van der Waals surface area contributed by atoms with E-state index < -0.39 is 5.97 Å². The van der Waals surface area contributed by atoms with Crippen molar-refractivity contribution >= 4 is 5.97 Å². The van der Waals surface area contributed by atoms with E-state index in [-0.39, 0.29) is 19.1 Å². The van der Waals surface area contributed by atoms with E-state index in [1.165, 1.54) is 0 Å². The number of benzene rings is 1. The summed E-state index contributed by atoms with van der Waals surface area (Å²) in [5.74, 6) is 0.809. The largest absolute Gasteiger partial charge is 0.461 e. The van der Waals surface area contributed by atoms with Crippen molar-refractivity contribution in [3.8, 4) is 22.8 Å². The van der Waals surface area contributed by atoms with Crippen molar-refractivity contribution in [2.45, 2.75) is 13.8 Å². The van der Waals surface area contributed by atoms with Crippen molar-refractivity contribution in [1.82, 2.24) is 15.4 Å². The number of H-pyrrole nitrogens is 1. The first-order valence-electron chi connectivity index (χ1n) is 6.19. The minimum absolute atomic E-state index is 0.161. The molecule has 1 aromatic carbocycles. The fourth-order valence-electron chi connectivity index (χ4n) is 2.06. The van der Waals surface area contributed by atoms with Crippen molar-refractivity contribution in [1.29, 1.82) is 0 Å². The second-order valence-electron chi connectivity index (χ2n) is 4.26. The lowest BCUT2D eigenvalue weighted by atomic mass is 10.0. The number of rotatable bonds is 3. The van der Waals surface area contributed by atoms with E-state index in [2.05, 4.69) is 15.4 Å². The fourth-order valence-corrected chi connectivity index (χ4v) is 2.06. The van der Waals surface area contributed by atoms with Crippen LogP contribution in [0.5, 0.6) is 11.5 Å². The molecular weight excluding hydrogens is 262 g/mol. The Morgan fingerprint density at radius 3 is 2.85 bits per heavy atom. The first kappa shape index (κ1) is 12.5. The summed E-state index contributed by atoms with van der Waals surface area (Å²) in [6.45, 7) is 4.12. The molecule has 2 heterocycles. The molecule has 0 spiro atoms. The van der Waals surface area contributed by atoms with Gasteiger partial charge in [0.2, 0.25) is 6.79 Å². The maximum Gasteiger partial charge on any atom is 0.361 e. The van der Waals surface area contributed by atoms with Crippen LogP contribution in [-0.4, -0.2) is 34.8 Å². The summed E-state index contributed by atoms with van der Waals surface area (Å²) in [5.41, 5.74) is 2.27. The lowest BCUT2D eigenvalue weighted by molar-refractivity contribution is 0.0520. The van der Waals surface area contributed by atoms with E-state index in [1.54, 1.807) is 13.0 Å². The van der Waals surface area contributed by atoms with Gasteiger partial charge in [0.1, 0.15) is 5.69 Å². The molecule has 1 N–H and O–H groups in total. The standard InChI is InChI=1S/C13H13N3O4/c1-3-18-13(17)12-11(14-16-15-12)8-5-10-9(4-7(8)2)19-6-20-10/h4-5H,3,6H2,1-2H3,(H,14,15,16). The predicted molar refractivity (Wildman–Crippen MR) is 68.6 cm³/mol. The number of carbonyl (C=O) groups excluding carboxylic acids is 1. The summed E-state index contributed by atoms with van der Waals surface area (Å²) >= 11 is 0. The third-order valence-corrected chi connectivity index (χ3v) is 2.99. The van der Waals surface area contributed by atoms with Crippen LogP contribution in [-0.2, 0) is 4.74 Å². The fraction of sp³-hybridized carbons (Fsp3) is 0.308. The Bertz CT molecular complexity index is 666. The Morgan fingerprint density at radius 1 is 1.35 bits per heavy atom. The second kappa shape index (κ2) is 4.84. The Labute approximate surface area is 114 Å². The molecular formula is C13H13N3O4. The van der Waals surface area contributed by atoms with Crippen LogP contribution >= 0.6 is 0 Å². The quantitative estimate of drug-likeness (QED) is 0.858. The number of carbonyl (C=O) groups is 1. The molecule has 0 radical (unpaired) electrons. The first-order chi connectivity index (χ1) is 9.70. The average molecular weight is 275 g/mol. The summed E-state index contributed by atoms with van der Waals surface area (Å²) in [4.78, 5) is 11.8. The van der Waals surface area contributed by atoms with E-state index in [9.17, 15) is 4.79 Å². The van der Waals surface area contributed by atoms with Gasteiger partial charge in [-0.05, 0) is 31.5 Å². The molecule has 0 amide bonds. The molecule has 0 atom stereocenters. The Kier molecular flexibility index (Phi) is 3.02. The highest BCUT2D eigenvalue weighted by Gasteiger charge is 2.23. The van der Waals surface area contributed by atoms with Crippen LogP contribution in [0, 0.1) is 6.92 Å². The van der Waals surface area contributed by atoms with Crippen molar-refractivity contribution < 1.29 is 19.0 Å². The summed E-state index contributed by atoms with van der Waals surface area (Å²) < 4.78 is 15.6.